The second kappa shape index (κ2) is 11.0. The summed E-state index contributed by atoms with van der Waals surface area (Å²) >= 11 is 0. The lowest BCUT2D eigenvalue weighted by atomic mass is 10.0. The first-order valence-electron chi connectivity index (χ1n) is 11.8. The first-order chi connectivity index (χ1) is 16.9. The van der Waals surface area contributed by atoms with E-state index in [1.54, 1.807) is 42.3 Å². The van der Waals surface area contributed by atoms with Gasteiger partial charge in [-0.1, -0.05) is 19.1 Å². The van der Waals surface area contributed by atoms with Crippen LogP contribution in [0.5, 0.6) is 0 Å². The summed E-state index contributed by atoms with van der Waals surface area (Å²) in [5.41, 5.74) is 2.08. The molecule has 8 nitrogen and oxygen atoms in total. The van der Waals surface area contributed by atoms with Gasteiger partial charge in [-0.25, -0.2) is 4.39 Å². The van der Waals surface area contributed by atoms with E-state index >= 15 is 0 Å². The van der Waals surface area contributed by atoms with Crippen molar-refractivity contribution in [2.45, 2.75) is 32.2 Å². The van der Waals surface area contributed by atoms with Crippen molar-refractivity contribution in [3.8, 4) is 11.3 Å². The summed E-state index contributed by atoms with van der Waals surface area (Å²) in [7, 11) is 1.76. The highest BCUT2D eigenvalue weighted by atomic mass is 19.1. The molecule has 1 saturated heterocycles. The third kappa shape index (κ3) is 5.98. The van der Waals surface area contributed by atoms with Gasteiger partial charge < -0.3 is 15.1 Å². The van der Waals surface area contributed by atoms with E-state index in [0.29, 0.717) is 29.1 Å². The van der Waals surface area contributed by atoms with E-state index in [4.69, 9.17) is 0 Å². The van der Waals surface area contributed by atoms with Crippen molar-refractivity contribution in [2.75, 3.05) is 31.6 Å². The third-order valence-corrected chi connectivity index (χ3v) is 6.08. The number of rotatable bonds is 7. The van der Waals surface area contributed by atoms with Gasteiger partial charge in [-0.2, -0.15) is 0 Å². The Labute approximate surface area is 204 Å². The molecule has 0 bridgehead atoms. The number of benzene rings is 1. The number of carbonyl (C=O) groups is 2. The maximum atomic E-state index is 13.4. The zero-order valence-corrected chi connectivity index (χ0v) is 19.9. The van der Waals surface area contributed by atoms with Crippen LogP contribution < -0.4 is 10.2 Å². The molecule has 0 aliphatic carbocycles. The van der Waals surface area contributed by atoms with Crippen LogP contribution in [0.1, 0.15) is 47.0 Å². The number of hydrogen-bond acceptors (Lipinski definition) is 6. The smallest absolute Gasteiger partial charge is 0.274 e. The van der Waals surface area contributed by atoms with E-state index in [9.17, 15) is 14.0 Å². The average molecular weight is 477 g/mol. The molecule has 3 heterocycles. The summed E-state index contributed by atoms with van der Waals surface area (Å²) < 4.78 is 13.4. The molecule has 1 fully saturated rings. The summed E-state index contributed by atoms with van der Waals surface area (Å²) in [5.74, 6) is 0.0837. The number of aromatic nitrogens is 3. The molecule has 1 aliphatic rings. The van der Waals surface area contributed by atoms with Crippen molar-refractivity contribution in [1.82, 2.24) is 25.4 Å². The van der Waals surface area contributed by atoms with Gasteiger partial charge in [-0.05, 0) is 55.7 Å². The Kier molecular flexibility index (Phi) is 7.64. The molecule has 3 aromatic rings. The van der Waals surface area contributed by atoms with Gasteiger partial charge in [0.1, 0.15) is 5.82 Å². The fourth-order valence-electron chi connectivity index (χ4n) is 4.11. The molecular weight excluding hydrogens is 447 g/mol. The Morgan fingerprint density at radius 2 is 1.91 bits per heavy atom. The highest BCUT2D eigenvalue weighted by molar-refractivity contribution is 5.94. The van der Waals surface area contributed by atoms with Gasteiger partial charge in [-0.3, -0.25) is 14.6 Å². The van der Waals surface area contributed by atoms with E-state index in [-0.39, 0.29) is 23.7 Å². The normalized spacial score (nSPS) is 14.0. The first-order valence-corrected chi connectivity index (χ1v) is 11.8. The Bertz CT molecular complexity index is 1160. The molecule has 0 radical (unpaired) electrons. The van der Waals surface area contributed by atoms with Crippen molar-refractivity contribution in [1.29, 1.82) is 0 Å². The zero-order valence-electron chi connectivity index (χ0n) is 19.9. The molecule has 1 aliphatic heterocycles. The van der Waals surface area contributed by atoms with Crippen LogP contribution in [0.3, 0.4) is 0 Å². The fraction of sp³-hybridized carbons (Fsp3) is 0.346. The molecule has 1 aromatic carbocycles. The second-order valence-electron chi connectivity index (χ2n) is 8.68. The Balaban J connectivity index is 1.29. The minimum atomic E-state index is -0.326. The van der Waals surface area contributed by atoms with Gasteiger partial charge in [0.15, 0.2) is 11.5 Å². The number of piperidine rings is 1. The highest BCUT2D eigenvalue weighted by Crippen LogP contribution is 2.20. The number of nitrogens with one attached hydrogen (secondary N) is 1. The number of carbonyl (C=O) groups excluding carboxylic acids is 2. The molecule has 0 unspecified atom stereocenters. The lowest BCUT2D eigenvalue weighted by Gasteiger charge is -2.32. The summed E-state index contributed by atoms with van der Waals surface area (Å²) in [6, 6.07) is 13.2. The van der Waals surface area contributed by atoms with Gasteiger partial charge in [-0.15, -0.1) is 10.2 Å². The lowest BCUT2D eigenvalue weighted by Crippen LogP contribution is -2.45. The molecule has 0 saturated carbocycles. The standard InChI is InChI=1S/C26H29FN6O2/c1-3-13-32(2)26(35)23-9-10-24(31-30-23)33-14-11-21(12-15-33)29-25(34)19-7-8-22(28-17-19)18-5-4-6-20(27)16-18/h4-10,16-17,21H,3,11-15H2,1-2H3,(H,29,34). The predicted molar refractivity (Wildman–Crippen MR) is 132 cm³/mol. The number of hydrogen-bond donors (Lipinski definition) is 1. The molecule has 4 rings (SSSR count). The number of anilines is 1. The molecular formula is C26H29FN6O2. The number of nitrogens with zero attached hydrogens (tertiary/aromatic N) is 5. The first kappa shape index (κ1) is 24.3. The van der Waals surface area contributed by atoms with Gasteiger partial charge in [0.05, 0.1) is 11.3 Å². The Morgan fingerprint density at radius 1 is 1.11 bits per heavy atom. The van der Waals surface area contributed by atoms with E-state index in [0.717, 1.165) is 38.2 Å². The van der Waals surface area contributed by atoms with Crippen LogP contribution in [0.4, 0.5) is 10.2 Å². The van der Waals surface area contributed by atoms with Gasteiger partial charge in [0, 0.05) is 44.5 Å². The zero-order chi connectivity index (χ0) is 24.8. The van der Waals surface area contributed by atoms with E-state index < -0.39 is 0 Å². The van der Waals surface area contributed by atoms with Crippen LogP contribution in [-0.2, 0) is 0 Å². The molecule has 182 valence electrons. The third-order valence-electron chi connectivity index (χ3n) is 6.08. The quantitative estimate of drug-likeness (QED) is 0.561. The fourth-order valence-corrected chi connectivity index (χ4v) is 4.11. The van der Waals surface area contributed by atoms with Crippen LogP contribution >= 0.6 is 0 Å². The number of amides is 2. The highest BCUT2D eigenvalue weighted by Gasteiger charge is 2.23. The van der Waals surface area contributed by atoms with Gasteiger partial charge in [0.25, 0.3) is 11.8 Å². The SMILES string of the molecule is CCCN(C)C(=O)c1ccc(N2CCC(NC(=O)c3ccc(-c4cccc(F)c4)nc3)CC2)nn1. The second-order valence-corrected chi connectivity index (χ2v) is 8.68. The lowest BCUT2D eigenvalue weighted by molar-refractivity contribution is 0.0788. The molecule has 9 heteroatoms. The van der Waals surface area contributed by atoms with E-state index in [2.05, 4.69) is 25.4 Å². The summed E-state index contributed by atoms with van der Waals surface area (Å²) in [6.45, 7) is 4.14. The maximum Gasteiger partial charge on any atom is 0.274 e. The van der Waals surface area contributed by atoms with E-state index in [1.807, 2.05) is 13.0 Å². The molecule has 2 amide bonds. The minimum Gasteiger partial charge on any atom is -0.355 e. The van der Waals surface area contributed by atoms with Crippen molar-refractivity contribution in [2.24, 2.45) is 0 Å². The minimum absolute atomic E-state index is 0.0400. The molecule has 0 atom stereocenters. The topological polar surface area (TPSA) is 91.3 Å². The van der Waals surface area contributed by atoms with Crippen molar-refractivity contribution in [3.05, 3.63) is 71.8 Å². The van der Waals surface area contributed by atoms with Crippen LogP contribution in [0, 0.1) is 5.82 Å². The summed E-state index contributed by atoms with van der Waals surface area (Å²) in [4.78, 5) is 33.1. The van der Waals surface area contributed by atoms with Crippen molar-refractivity contribution < 1.29 is 14.0 Å². The van der Waals surface area contributed by atoms with E-state index in [1.165, 1.54) is 18.3 Å². The average Bonchev–Trinajstić information content (AvgIpc) is 2.89. The van der Waals surface area contributed by atoms with Crippen LogP contribution in [0.15, 0.2) is 54.7 Å². The Morgan fingerprint density at radius 3 is 2.54 bits per heavy atom. The summed E-state index contributed by atoms with van der Waals surface area (Å²) in [6.07, 6.45) is 3.93. The number of halogens is 1. The van der Waals surface area contributed by atoms with Crippen LogP contribution in [0.2, 0.25) is 0 Å². The maximum absolute atomic E-state index is 13.4. The molecule has 2 aromatic heterocycles. The Hall–Kier alpha value is -3.88. The largest absolute Gasteiger partial charge is 0.355 e. The van der Waals surface area contributed by atoms with Crippen LogP contribution in [-0.4, -0.2) is 64.6 Å². The predicted octanol–water partition coefficient (Wildman–Crippen LogP) is 3.56. The summed E-state index contributed by atoms with van der Waals surface area (Å²) in [5, 5.41) is 11.4. The molecule has 35 heavy (non-hydrogen) atoms. The number of pyridine rings is 1. The molecule has 1 N–H and O–H groups in total. The van der Waals surface area contributed by atoms with Crippen molar-refractivity contribution in [3.63, 3.8) is 0 Å². The molecule has 0 spiro atoms. The van der Waals surface area contributed by atoms with Gasteiger partial charge in [0.2, 0.25) is 0 Å². The van der Waals surface area contributed by atoms with Gasteiger partial charge >= 0.3 is 0 Å². The van der Waals surface area contributed by atoms with Crippen molar-refractivity contribution >= 4 is 17.6 Å². The monoisotopic (exact) mass is 476 g/mol. The van der Waals surface area contributed by atoms with Crippen LogP contribution in [0.25, 0.3) is 11.3 Å².